The summed E-state index contributed by atoms with van der Waals surface area (Å²) in [6.45, 7) is 4.48. The van der Waals surface area contributed by atoms with E-state index in [0.717, 1.165) is 0 Å². The van der Waals surface area contributed by atoms with Gasteiger partial charge in [0.2, 0.25) is 0 Å². The first-order chi connectivity index (χ1) is 6.81. The Balaban J connectivity index is 2.98. The summed E-state index contributed by atoms with van der Waals surface area (Å²) in [5.74, 6) is 0. The van der Waals surface area contributed by atoms with Crippen LogP contribution in [0.25, 0.3) is 0 Å². The fourth-order valence-corrected chi connectivity index (χ4v) is 1.88. The molecule has 0 aliphatic rings. The lowest BCUT2D eigenvalue weighted by molar-refractivity contribution is 0.506. The Hall–Kier alpha value is -0.0400. The summed E-state index contributed by atoms with van der Waals surface area (Å²) in [5.41, 5.74) is 5.95. The molecule has 14 heavy (non-hydrogen) atoms. The molecule has 2 N–H and O–H groups in total. The Kier molecular flexibility index (Phi) is 11.0. The highest BCUT2D eigenvalue weighted by atomic mass is 14.6. The molecule has 0 amide bonds. The van der Waals surface area contributed by atoms with Crippen LogP contribution in [0.4, 0.5) is 0 Å². The Morgan fingerprint density at radius 3 is 1.86 bits per heavy atom. The van der Waals surface area contributed by atoms with E-state index in [0.29, 0.717) is 6.04 Å². The predicted molar refractivity (Wildman–Crippen MR) is 65.5 cm³/mol. The van der Waals surface area contributed by atoms with Crippen molar-refractivity contribution >= 4 is 0 Å². The summed E-state index contributed by atoms with van der Waals surface area (Å²) >= 11 is 0. The van der Waals surface area contributed by atoms with E-state index < -0.39 is 0 Å². The monoisotopic (exact) mass is 199 g/mol. The molecule has 0 rings (SSSR count). The van der Waals surface area contributed by atoms with Crippen LogP contribution in [0.1, 0.15) is 78.1 Å². The average molecular weight is 199 g/mol. The van der Waals surface area contributed by atoms with Gasteiger partial charge in [0, 0.05) is 6.04 Å². The largest absolute Gasteiger partial charge is 0.328 e. The van der Waals surface area contributed by atoms with E-state index in [1.165, 1.54) is 64.2 Å². The molecular weight excluding hydrogens is 170 g/mol. The van der Waals surface area contributed by atoms with Crippen molar-refractivity contribution in [1.82, 2.24) is 0 Å². The van der Waals surface area contributed by atoms with Gasteiger partial charge < -0.3 is 5.73 Å². The number of hydrogen-bond acceptors (Lipinski definition) is 1. The van der Waals surface area contributed by atoms with Gasteiger partial charge in [-0.3, -0.25) is 0 Å². The summed E-state index contributed by atoms with van der Waals surface area (Å²) in [6.07, 6.45) is 13.4. The molecule has 1 heteroatoms. The minimum Gasteiger partial charge on any atom is -0.328 e. The van der Waals surface area contributed by atoms with Gasteiger partial charge in [-0.25, -0.2) is 0 Å². The highest BCUT2D eigenvalue weighted by Gasteiger charge is 1.99. The predicted octanol–water partition coefficient (Wildman–Crippen LogP) is 4.25. The van der Waals surface area contributed by atoms with Gasteiger partial charge in [0.1, 0.15) is 0 Å². The van der Waals surface area contributed by atoms with E-state index >= 15 is 0 Å². The molecule has 0 heterocycles. The molecule has 0 radical (unpaired) electrons. The summed E-state index contributed by atoms with van der Waals surface area (Å²) in [7, 11) is 0. The molecule has 0 saturated heterocycles. The summed E-state index contributed by atoms with van der Waals surface area (Å²) in [6, 6.07) is 0.468. The first-order valence-corrected chi connectivity index (χ1v) is 6.56. The minimum absolute atomic E-state index is 0.468. The first kappa shape index (κ1) is 14.0. The van der Waals surface area contributed by atoms with Crippen LogP contribution < -0.4 is 5.73 Å². The van der Waals surface area contributed by atoms with Crippen molar-refractivity contribution in [2.24, 2.45) is 5.73 Å². The molecule has 0 spiro atoms. The SMILES string of the molecule is CCCCCCCCC[C@H](N)CCC. The molecule has 0 fully saturated rings. The molecule has 0 aromatic carbocycles. The van der Waals surface area contributed by atoms with Crippen LogP contribution in [-0.2, 0) is 0 Å². The lowest BCUT2D eigenvalue weighted by Gasteiger charge is -2.09. The zero-order chi connectivity index (χ0) is 10.6. The summed E-state index contributed by atoms with van der Waals surface area (Å²) in [4.78, 5) is 0. The van der Waals surface area contributed by atoms with Crippen LogP contribution >= 0.6 is 0 Å². The molecule has 0 bridgehead atoms. The van der Waals surface area contributed by atoms with Gasteiger partial charge in [-0.15, -0.1) is 0 Å². The van der Waals surface area contributed by atoms with Gasteiger partial charge in [0.05, 0.1) is 0 Å². The van der Waals surface area contributed by atoms with E-state index in [1.54, 1.807) is 0 Å². The zero-order valence-corrected chi connectivity index (χ0v) is 10.2. The Bertz CT molecular complexity index is 101. The number of nitrogens with two attached hydrogens (primary N) is 1. The van der Waals surface area contributed by atoms with Crippen molar-refractivity contribution < 1.29 is 0 Å². The average Bonchev–Trinajstić information content (AvgIpc) is 2.17. The molecule has 0 unspecified atom stereocenters. The molecule has 0 saturated carbocycles. The second kappa shape index (κ2) is 11.0. The van der Waals surface area contributed by atoms with Crippen molar-refractivity contribution in [2.45, 2.75) is 84.1 Å². The van der Waals surface area contributed by atoms with Crippen LogP contribution in [0, 0.1) is 0 Å². The van der Waals surface area contributed by atoms with Crippen LogP contribution in [0.5, 0.6) is 0 Å². The third kappa shape index (κ3) is 10.0. The number of rotatable bonds is 10. The second-order valence-corrected chi connectivity index (χ2v) is 4.46. The fourth-order valence-electron chi connectivity index (χ4n) is 1.88. The Morgan fingerprint density at radius 1 is 0.714 bits per heavy atom. The van der Waals surface area contributed by atoms with E-state index in [-0.39, 0.29) is 0 Å². The third-order valence-electron chi connectivity index (χ3n) is 2.84. The van der Waals surface area contributed by atoms with Crippen molar-refractivity contribution in [3.8, 4) is 0 Å². The van der Waals surface area contributed by atoms with Crippen LogP contribution in [0.2, 0.25) is 0 Å². The molecule has 0 aromatic heterocycles. The quantitative estimate of drug-likeness (QED) is 0.523. The van der Waals surface area contributed by atoms with E-state index in [4.69, 9.17) is 5.73 Å². The van der Waals surface area contributed by atoms with Crippen molar-refractivity contribution in [2.75, 3.05) is 0 Å². The van der Waals surface area contributed by atoms with Gasteiger partial charge in [0.15, 0.2) is 0 Å². The van der Waals surface area contributed by atoms with E-state index in [1.807, 2.05) is 0 Å². The highest BCUT2D eigenvalue weighted by molar-refractivity contribution is 4.60. The standard InChI is InChI=1S/C13H29N/c1-3-5-6-7-8-9-10-12-13(14)11-4-2/h13H,3-12,14H2,1-2H3/t13-/m1/s1. The summed E-state index contributed by atoms with van der Waals surface area (Å²) in [5, 5.41) is 0. The molecule has 1 nitrogen and oxygen atoms in total. The normalized spacial score (nSPS) is 13.1. The third-order valence-corrected chi connectivity index (χ3v) is 2.84. The van der Waals surface area contributed by atoms with Gasteiger partial charge in [-0.05, 0) is 12.8 Å². The van der Waals surface area contributed by atoms with Crippen LogP contribution in [0.15, 0.2) is 0 Å². The molecule has 0 aliphatic carbocycles. The Morgan fingerprint density at radius 2 is 1.29 bits per heavy atom. The van der Waals surface area contributed by atoms with Gasteiger partial charge >= 0.3 is 0 Å². The van der Waals surface area contributed by atoms with E-state index in [2.05, 4.69) is 13.8 Å². The smallest absolute Gasteiger partial charge is 0.00387 e. The topological polar surface area (TPSA) is 26.0 Å². The Labute approximate surface area is 90.5 Å². The number of unbranched alkanes of at least 4 members (excludes halogenated alkanes) is 6. The van der Waals surface area contributed by atoms with Crippen LogP contribution in [0.3, 0.4) is 0 Å². The highest BCUT2D eigenvalue weighted by Crippen LogP contribution is 2.10. The lowest BCUT2D eigenvalue weighted by Crippen LogP contribution is -2.18. The van der Waals surface area contributed by atoms with E-state index in [9.17, 15) is 0 Å². The minimum atomic E-state index is 0.468. The first-order valence-electron chi connectivity index (χ1n) is 6.56. The van der Waals surface area contributed by atoms with Gasteiger partial charge in [-0.2, -0.15) is 0 Å². The number of hydrogen-bond donors (Lipinski definition) is 1. The lowest BCUT2D eigenvalue weighted by atomic mass is 10.0. The van der Waals surface area contributed by atoms with Gasteiger partial charge in [0.25, 0.3) is 0 Å². The molecular formula is C13H29N. The van der Waals surface area contributed by atoms with Gasteiger partial charge in [-0.1, -0.05) is 65.2 Å². The van der Waals surface area contributed by atoms with Crippen molar-refractivity contribution in [1.29, 1.82) is 0 Å². The zero-order valence-electron chi connectivity index (χ0n) is 10.2. The maximum absolute atomic E-state index is 5.95. The van der Waals surface area contributed by atoms with Crippen LogP contribution in [-0.4, -0.2) is 6.04 Å². The molecule has 0 aliphatic heterocycles. The van der Waals surface area contributed by atoms with Crippen molar-refractivity contribution in [3.63, 3.8) is 0 Å². The fraction of sp³-hybridized carbons (Fsp3) is 1.00. The molecule has 86 valence electrons. The molecule has 1 atom stereocenters. The molecule has 0 aromatic rings. The summed E-state index contributed by atoms with van der Waals surface area (Å²) < 4.78 is 0. The second-order valence-electron chi connectivity index (χ2n) is 4.46. The maximum atomic E-state index is 5.95. The van der Waals surface area contributed by atoms with Crippen molar-refractivity contribution in [3.05, 3.63) is 0 Å². The maximum Gasteiger partial charge on any atom is 0.00387 e.